The maximum atomic E-state index is 14.1. The molecular weight excluding hydrogens is 337 g/mol. The first kappa shape index (κ1) is 14.0. The van der Waals surface area contributed by atoms with E-state index in [0.717, 1.165) is 9.35 Å². The molecule has 1 atom stereocenters. The van der Waals surface area contributed by atoms with Crippen LogP contribution in [0.4, 0.5) is 4.39 Å². The lowest BCUT2D eigenvalue weighted by Gasteiger charge is -2.17. The molecule has 1 unspecified atom stereocenters. The van der Waals surface area contributed by atoms with Crippen LogP contribution in [0.1, 0.15) is 21.4 Å². The summed E-state index contributed by atoms with van der Waals surface area (Å²) in [5.74, 6) is -0.364. The lowest BCUT2D eigenvalue weighted by atomic mass is 10.0. The molecule has 0 aliphatic heterocycles. The van der Waals surface area contributed by atoms with Gasteiger partial charge < -0.3 is 5.32 Å². The van der Waals surface area contributed by atoms with Gasteiger partial charge in [-0.15, -0.1) is 11.3 Å². The molecule has 18 heavy (non-hydrogen) atoms. The standard InChI is InChI=1S/C13H12BrClFNS/c1-7-6-9(14)13(18-7)12(17-2)8-4-3-5-10(15)11(8)16/h3-6,12,17H,1-2H3. The SMILES string of the molecule is CNC(c1cccc(Cl)c1F)c1sc(C)cc1Br. The van der Waals surface area contributed by atoms with Gasteiger partial charge in [-0.05, 0) is 42.0 Å². The first-order chi connectivity index (χ1) is 8.54. The summed E-state index contributed by atoms with van der Waals surface area (Å²) >= 11 is 11.0. The zero-order valence-electron chi connectivity index (χ0n) is 9.93. The van der Waals surface area contributed by atoms with Crippen LogP contribution in [0.2, 0.25) is 5.02 Å². The van der Waals surface area contributed by atoms with Crippen LogP contribution in [-0.2, 0) is 0 Å². The van der Waals surface area contributed by atoms with E-state index in [0.29, 0.717) is 5.56 Å². The van der Waals surface area contributed by atoms with Gasteiger partial charge in [0.25, 0.3) is 0 Å². The van der Waals surface area contributed by atoms with Gasteiger partial charge in [-0.1, -0.05) is 23.7 Å². The van der Waals surface area contributed by atoms with E-state index < -0.39 is 0 Å². The predicted molar refractivity (Wildman–Crippen MR) is 79.1 cm³/mol. The zero-order valence-corrected chi connectivity index (χ0v) is 13.1. The molecule has 0 spiro atoms. The topological polar surface area (TPSA) is 12.0 Å². The fraction of sp³-hybridized carbons (Fsp3) is 0.231. The monoisotopic (exact) mass is 347 g/mol. The van der Waals surface area contributed by atoms with Crippen LogP contribution in [0.15, 0.2) is 28.7 Å². The van der Waals surface area contributed by atoms with E-state index in [1.807, 2.05) is 20.0 Å². The van der Waals surface area contributed by atoms with Crippen molar-refractivity contribution >= 4 is 38.9 Å². The maximum Gasteiger partial charge on any atom is 0.146 e. The number of aryl methyl sites for hydroxylation is 1. The van der Waals surface area contributed by atoms with Crippen molar-refractivity contribution in [1.82, 2.24) is 5.32 Å². The summed E-state index contributed by atoms with van der Waals surface area (Å²) < 4.78 is 15.1. The van der Waals surface area contributed by atoms with Gasteiger partial charge in [0.1, 0.15) is 5.82 Å². The van der Waals surface area contributed by atoms with Crippen LogP contribution in [0.3, 0.4) is 0 Å². The average molecular weight is 349 g/mol. The maximum absolute atomic E-state index is 14.1. The smallest absolute Gasteiger partial charge is 0.146 e. The number of hydrogen-bond donors (Lipinski definition) is 1. The number of rotatable bonds is 3. The summed E-state index contributed by atoms with van der Waals surface area (Å²) in [6.45, 7) is 2.03. The van der Waals surface area contributed by atoms with Crippen LogP contribution in [0.5, 0.6) is 0 Å². The summed E-state index contributed by atoms with van der Waals surface area (Å²) in [6, 6.07) is 6.91. The molecule has 2 aromatic rings. The van der Waals surface area contributed by atoms with E-state index in [9.17, 15) is 4.39 Å². The molecule has 0 bridgehead atoms. The number of thiophene rings is 1. The molecule has 0 fully saturated rings. The molecule has 5 heteroatoms. The van der Waals surface area contributed by atoms with Gasteiger partial charge in [0, 0.05) is 19.8 Å². The Hall–Kier alpha value is -0.420. The highest BCUT2D eigenvalue weighted by Gasteiger charge is 2.21. The lowest BCUT2D eigenvalue weighted by molar-refractivity contribution is 0.579. The Bertz CT molecular complexity index is 570. The Morgan fingerprint density at radius 1 is 1.44 bits per heavy atom. The fourth-order valence-corrected chi connectivity index (χ4v) is 4.06. The van der Waals surface area contributed by atoms with Crippen LogP contribution in [-0.4, -0.2) is 7.05 Å². The van der Waals surface area contributed by atoms with E-state index in [1.54, 1.807) is 29.5 Å². The Morgan fingerprint density at radius 2 is 2.17 bits per heavy atom. The van der Waals surface area contributed by atoms with E-state index in [-0.39, 0.29) is 16.9 Å². The highest BCUT2D eigenvalue weighted by molar-refractivity contribution is 9.10. The third-order valence-corrected chi connectivity index (χ3v) is 5.01. The van der Waals surface area contributed by atoms with Gasteiger partial charge >= 0.3 is 0 Å². The van der Waals surface area contributed by atoms with E-state index in [2.05, 4.69) is 21.2 Å². The van der Waals surface area contributed by atoms with Gasteiger partial charge in [0.15, 0.2) is 0 Å². The van der Waals surface area contributed by atoms with E-state index in [4.69, 9.17) is 11.6 Å². The van der Waals surface area contributed by atoms with Crippen molar-refractivity contribution in [2.45, 2.75) is 13.0 Å². The Morgan fingerprint density at radius 3 is 2.72 bits per heavy atom. The summed E-state index contributed by atoms with van der Waals surface area (Å²) in [6.07, 6.45) is 0. The van der Waals surface area contributed by atoms with Crippen LogP contribution >= 0.6 is 38.9 Å². The molecule has 1 N–H and O–H groups in total. The molecule has 1 aromatic heterocycles. The normalized spacial score (nSPS) is 12.7. The molecule has 0 aliphatic carbocycles. The quantitative estimate of drug-likeness (QED) is 0.830. The molecule has 0 amide bonds. The first-order valence-corrected chi connectivity index (χ1v) is 7.40. The van der Waals surface area contributed by atoms with Gasteiger partial charge in [-0.25, -0.2) is 4.39 Å². The Labute approximate surface area is 123 Å². The van der Waals surface area contributed by atoms with Crippen molar-refractivity contribution < 1.29 is 4.39 Å². The zero-order chi connectivity index (χ0) is 13.3. The second-order valence-electron chi connectivity index (χ2n) is 3.93. The minimum Gasteiger partial charge on any atom is -0.309 e. The van der Waals surface area contributed by atoms with Gasteiger partial charge in [0.2, 0.25) is 0 Å². The van der Waals surface area contributed by atoms with Crippen molar-refractivity contribution in [1.29, 1.82) is 0 Å². The summed E-state index contributed by atoms with van der Waals surface area (Å²) in [5, 5.41) is 3.29. The Kier molecular flexibility index (Phi) is 4.43. The molecule has 0 radical (unpaired) electrons. The molecule has 1 nitrogen and oxygen atoms in total. The van der Waals surface area contributed by atoms with Crippen LogP contribution < -0.4 is 5.32 Å². The predicted octanol–water partition coefficient (Wildman–Crippen LogP) is 4.92. The highest BCUT2D eigenvalue weighted by atomic mass is 79.9. The van der Waals surface area contributed by atoms with Crippen LogP contribution in [0.25, 0.3) is 0 Å². The van der Waals surface area contributed by atoms with Crippen molar-refractivity contribution in [3.63, 3.8) is 0 Å². The fourth-order valence-electron chi connectivity index (χ4n) is 1.87. The second kappa shape index (κ2) is 5.70. The Balaban J connectivity index is 2.52. The largest absolute Gasteiger partial charge is 0.309 e. The number of hydrogen-bond acceptors (Lipinski definition) is 2. The molecule has 1 heterocycles. The minimum atomic E-state index is -0.364. The van der Waals surface area contributed by atoms with Crippen molar-refractivity contribution in [3.8, 4) is 0 Å². The molecule has 0 saturated heterocycles. The van der Waals surface area contributed by atoms with Crippen molar-refractivity contribution in [2.24, 2.45) is 0 Å². The van der Waals surface area contributed by atoms with Crippen molar-refractivity contribution in [3.05, 3.63) is 54.9 Å². The number of nitrogens with one attached hydrogen (secondary N) is 1. The van der Waals surface area contributed by atoms with E-state index in [1.165, 1.54) is 4.88 Å². The summed E-state index contributed by atoms with van der Waals surface area (Å²) in [4.78, 5) is 2.23. The van der Waals surface area contributed by atoms with Gasteiger partial charge in [0.05, 0.1) is 11.1 Å². The molecule has 96 valence electrons. The molecule has 0 saturated carbocycles. The van der Waals surface area contributed by atoms with Crippen LogP contribution in [0, 0.1) is 12.7 Å². The molecule has 1 aromatic carbocycles. The van der Waals surface area contributed by atoms with Gasteiger partial charge in [-0.2, -0.15) is 0 Å². The summed E-state index contributed by atoms with van der Waals surface area (Å²) in [5.41, 5.74) is 0.563. The van der Waals surface area contributed by atoms with E-state index >= 15 is 0 Å². The average Bonchev–Trinajstić information content (AvgIpc) is 2.65. The van der Waals surface area contributed by atoms with Gasteiger partial charge in [-0.3, -0.25) is 0 Å². The minimum absolute atomic E-state index is 0.150. The number of halogens is 3. The second-order valence-corrected chi connectivity index (χ2v) is 6.48. The first-order valence-electron chi connectivity index (χ1n) is 5.41. The molecular formula is C13H12BrClFNS. The highest BCUT2D eigenvalue weighted by Crippen LogP contribution is 2.37. The van der Waals surface area contributed by atoms with Crippen molar-refractivity contribution in [2.75, 3.05) is 7.05 Å². The summed E-state index contributed by atoms with van der Waals surface area (Å²) in [7, 11) is 1.81. The molecule has 2 rings (SSSR count). The third kappa shape index (κ3) is 2.62. The lowest BCUT2D eigenvalue weighted by Crippen LogP contribution is -2.18. The number of benzene rings is 1. The molecule has 0 aliphatic rings. The third-order valence-electron chi connectivity index (χ3n) is 2.68.